The highest BCUT2D eigenvalue weighted by Gasteiger charge is 2.30. The topological polar surface area (TPSA) is 91.0 Å². The van der Waals surface area contributed by atoms with Crippen molar-refractivity contribution in [3.63, 3.8) is 0 Å². The van der Waals surface area contributed by atoms with E-state index in [4.69, 9.17) is 0 Å². The Balaban J connectivity index is 1.64. The van der Waals surface area contributed by atoms with Crippen LogP contribution in [0.15, 0.2) is 48.0 Å². The van der Waals surface area contributed by atoms with Gasteiger partial charge in [0.1, 0.15) is 11.6 Å². The Labute approximate surface area is 212 Å². The normalized spacial score (nSPS) is 16.9. The first-order chi connectivity index (χ1) is 17.1. The minimum atomic E-state index is -2.64. The second-order valence-electron chi connectivity index (χ2n) is 9.83. The Morgan fingerprint density at radius 1 is 1.25 bits per heavy atom. The smallest absolute Gasteiger partial charge is 0.272 e. The number of likely N-dealkylation sites (tertiary alicyclic amines) is 1. The summed E-state index contributed by atoms with van der Waals surface area (Å²) in [4.78, 5) is 32.3. The molecule has 0 spiro atoms. The van der Waals surface area contributed by atoms with E-state index in [1.54, 1.807) is 11.0 Å². The molecule has 1 aliphatic heterocycles. The van der Waals surface area contributed by atoms with Crippen LogP contribution < -0.4 is 5.32 Å². The zero-order valence-corrected chi connectivity index (χ0v) is 21.1. The number of carbonyl (C=O) groups is 2. The molecule has 2 amide bonds. The third-order valence-corrected chi connectivity index (χ3v) is 6.96. The number of anilines is 1. The van der Waals surface area contributed by atoms with E-state index >= 15 is 0 Å². The lowest BCUT2D eigenvalue weighted by atomic mass is 9.93. The van der Waals surface area contributed by atoms with Gasteiger partial charge in [-0.2, -0.15) is 5.26 Å². The molecule has 0 unspecified atom stereocenters. The van der Waals surface area contributed by atoms with Gasteiger partial charge in [-0.1, -0.05) is 39.0 Å². The van der Waals surface area contributed by atoms with Crippen LogP contribution >= 0.6 is 11.3 Å². The summed E-state index contributed by atoms with van der Waals surface area (Å²) in [7, 11) is 0. The second-order valence-corrected chi connectivity index (χ2v) is 10.9. The molecule has 188 valence electrons. The first-order valence-corrected chi connectivity index (χ1v) is 12.5. The molecule has 1 aliphatic rings. The Bertz CT molecular complexity index is 1360. The third-order valence-electron chi connectivity index (χ3n) is 5.86. The number of nitriles is 1. The third kappa shape index (κ3) is 5.46. The summed E-state index contributed by atoms with van der Waals surface area (Å²) in [6.45, 7) is 6.67. The van der Waals surface area contributed by atoms with Crippen molar-refractivity contribution in [3.8, 4) is 6.07 Å². The molecule has 0 radical (unpaired) electrons. The molecule has 1 saturated heterocycles. The van der Waals surface area contributed by atoms with Crippen LogP contribution in [0.4, 0.5) is 14.7 Å². The van der Waals surface area contributed by atoms with E-state index in [9.17, 15) is 23.6 Å². The van der Waals surface area contributed by atoms with Gasteiger partial charge in [-0.05, 0) is 42.5 Å². The van der Waals surface area contributed by atoms with Crippen molar-refractivity contribution in [1.29, 1.82) is 5.26 Å². The van der Waals surface area contributed by atoms with Gasteiger partial charge in [-0.15, -0.1) is 11.3 Å². The molecule has 10 heteroatoms. The highest BCUT2D eigenvalue weighted by molar-refractivity contribution is 7.14. The molecule has 4 rings (SSSR count). The molecule has 7 nitrogen and oxygen atoms in total. The average molecular weight is 512 g/mol. The molecule has 0 aliphatic carbocycles. The van der Waals surface area contributed by atoms with Gasteiger partial charge in [0, 0.05) is 13.1 Å². The summed E-state index contributed by atoms with van der Waals surface area (Å²) in [5, 5.41) is 12.4. The maximum Gasteiger partial charge on any atom is 0.272 e. The molecule has 0 saturated carbocycles. The maximum absolute atomic E-state index is 13.2. The number of fused-ring (bicyclic) bond motifs is 1. The number of allylic oxidation sites excluding steroid dienone is 1. The molecule has 0 bridgehead atoms. The van der Waals surface area contributed by atoms with Crippen LogP contribution in [0.2, 0.25) is 0 Å². The highest BCUT2D eigenvalue weighted by atomic mass is 32.1. The predicted octanol–water partition coefficient (Wildman–Crippen LogP) is 5.95. The number of aromatic nitrogens is 2. The van der Waals surface area contributed by atoms with Crippen LogP contribution in [-0.4, -0.2) is 39.4 Å². The molecule has 1 N–H and O–H groups in total. The second kappa shape index (κ2) is 10.2. The van der Waals surface area contributed by atoms with Gasteiger partial charge in [0.2, 0.25) is 5.95 Å². The molecular weight excluding hydrogens is 484 g/mol. The van der Waals surface area contributed by atoms with E-state index in [1.807, 2.05) is 55.7 Å². The Kier molecular flexibility index (Phi) is 7.22. The van der Waals surface area contributed by atoms with E-state index in [0.29, 0.717) is 31.0 Å². The number of hydrogen-bond acceptors (Lipinski definition) is 5. The van der Waals surface area contributed by atoms with Crippen molar-refractivity contribution in [2.24, 2.45) is 5.41 Å². The molecule has 1 fully saturated rings. The summed E-state index contributed by atoms with van der Waals surface area (Å²) in [5.41, 5.74) is 1.25. The number of halogens is 2. The highest BCUT2D eigenvalue weighted by Crippen LogP contribution is 2.32. The summed E-state index contributed by atoms with van der Waals surface area (Å²) in [6.07, 6.45) is 0.503. The minimum absolute atomic E-state index is 0.111. The number of benzene rings is 1. The number of rotatable bonds is 5. The fourth-order valence-electron chi connectivity index (χ4n) is 4.35. The van der Waals surface area contributed by atoms with Crippen molar-refractivity contribution >= 4 is 40.1 Å². The van der Waals surface area contributed by atoms with Gasteiger partial charge in [-0.25, -0.2) is 13.8 Å². The lowest BCUT2D eigenvalue weighted by Crippen LogP contribution is -2.41. The zero-order valence-electron chi connectivity index (χ0n) is 20.3. The van der Waals surface area contributed by atoms with Crippen LogP contribution in [0, 0.1) is 16.7 Å². The van der Waals surface area contributed by atoms with Gasteiger partial charge >= 0.3 is 0 Å². The van der Waals surface area contributed by atoms with Gasteiger partial charge in [-0.3, -0.25) is 14.9 Å². The largest absolute Gasteiger partial charge is 0.336 e. The fraction of sp³-hybridized carbons (Fsp3) is 0.385. The van der Waals surface area contributed by atoms with E-state index in [1.165, 1.54) is 12.1 Å². The maximum atomic E-state index is 13.2. The number of carbonyl (C=O) groups excluding carboxylic acids is 2. The monoisotopic (exact) mass is 511 g/mol. The van der Waals surface area contributed by atoms with Crippen LogP contribution in [-0.2, 0) is 4.79 Å². The molecule has 3 heterocycles. The molecule has 3 aromatic rings. The Morgan fingerprint density at radius 3 is 2.67 bits per heavy atom. The van der Waals surface area contributed by atoms with Crippen LogP contribution in [0.25, 0.3) is 11.0 Å². The molecular formula is C26H27F2N5O2S. The molecule has 1 aromatic carbocycles. The number of thiophene rings is 1. The van der Waals surface area contributed by atoms with E-state index in [-0.39, 0.29) is 32.7 Å². The first-order valence-electron chi connectivity index (χ1n) is 11.7. The summed E-state index contributed by atoms with van der Waals surface area (Å²) < 4.78 is 27.9. The number of alkyl halides is 2. The van der Waals surface area contributed by atoms with E-state index < -0.39 is 12.3 Å². The average Bonchev–Trinajstić information content (AvgIpc) is 3.47. The van der Waals surface area contributed by atoms with Crippen molar-refractivity contribution in [1.82, 2.24) is 14.5 Å². The number of nitrogens with one attached hydrogen (secondary N) is 1. The molecule has 2 aromatic heterocycles. The van der Waals surface area contributed by atoms with Crippen molar-refractivity contribution in [2.75, 3.05) is 18.4 Å². The van der Waals surface area contributed by atoms with Crippen LogP contribution in [0.5, 0.6) is 0 Å². The summed E-state index contributed by atoms with van der Waals surface area (Å²) in [5.74, 6) is -0.546. The standard InChI is InChI=1S/C26H27F2N5O2S/c1-26(2,3)13-16(14-29)24(35)32-12-6-7-17(15-32)33-19-9-5-4-8-18(19)30-25(33)31-23(34)21-11-10-20(36-21)22(27)28/h4-5,8-11,13,17,22H,6-7,12,15H2,1-3H3,(H,30,31,34)/t17-/m0/s1. The number of hydrogen-bond donors (Lipinski definition) is 1. The van der Waals surface area contributed by atoms with Crippen LogP contribution in [0.1, 0.15) is 60.6 Å². The lowest BCUT2D eigenvalue weighted by molar-refractivity contribution is -0.128. The number of nitrogens with zero attached hydrogens (tertiary/aromatic N) is 4. The van der Waals surface area contributed by atoms with Gasteiger partial charge < -0.3 is 9.47 Å². The van der Waals surface area contributed by atoms with Gasteiger partial charge in [0.15, 0.2) is 0 Å². The summed E-state index contributed by atoms with van der Waals surface area (Å²) in [6, 6.07) is 11.9. The fourth-order valence-corrected chi connectivity index (χ4v) is 5.11. The number of amides is 2. The van der Waals surface area contributed by atoms with E-state index in [0.717, 1.165) is 23.3 Å². The number of imidazole rings is 1. The Morgan fingerprint density at radius 2 is 2.00 bits per heavy atom. The molecule has 36 heavy (non-hydrogen) atoms. The van der Waals surface area contributed by atoms with E-state index in [2.05, 4.69) is 10.3 Å². The SMILES string of the molecule is CC(C)(C)C=C(C#N)C(=O)N1CCC[C@H](n2c(NC(=O)c3ccc(C(F)F)s3)nc3ccccc32)C1. The zero-order chi connectivity index (χ0) is 26.0. The summed E-state index contributed by atoms with van der Waals surface area (Å²) >= 11 is 0.742. The van der Waals surface area contributed by atoms with Gasteiger partial charge in [0.05, 0.1) is 26.8 Å². The number of para-hydroxylation sites is 2. The van der Waals surface area contributed by atoms with Crippen molar-refractivity contribution in [2.45, 2.75) is 46.1 Å². The van der Waals surface area contributed by atoms with Crippen molar-refractivity contribution < 1.29 is 18.4 Å². The number of piperidine rings is 1. The van der Waals surface area contributed by atoms with Crippen LogP contribution in [0.3, 0.4) is 0 Å². The lowest BCUT2D eigenvalue weighted by Gasteiger charge is -2.34. The molecule has 1 atom stereocenters. The minimum Gasteiger partial charge on any atom is -0.336 e. The Hall–Kier alpha value is -3.58. The van der Waals surface area contributed by atoms with Gasteiger partial charge in [0.25, 0.3) is 18.2 Å². The van der Waals surface area contributed by atoms with Crippen molar-refractivity contribution in [3.05, 3.63) is 57.8 Å². The first kappa shape index (κ1) is 25.5. The predicted molar refractivity (Wildman–Crippen MR) is 135 cm³/mol. The quantitative estimate of drug-likeness (QED) is 0.339.